The van der Waals surface area contributed by atoms with Crippen molar-refractivity contribution in [1.29, 1.82) is 0 Å². The van der Waals surface area contributed by atoms with Crippen LogP contribution in [0.2, 0.25) is 0 Å². The van der Waals surface area contributed by atoms with Crippen molar-refractivity contribution < 1.29 is 140 Å². The number of benzene rings is 4. The molecule has 0 saturated carbocycles. The number of carbonyl (C=O) groups is 1. The van der Waals surface area contributed by atoms with E-state index in [1.165, 1.54) is 12.1 Å². The Morgan fingerprint density at radius 2 is 1.42 bits per heavy atom. The molecule has 0 bridgehead atoms. The van der Waals surface area contributed by atoms with Gasteiger partial charge in [-0.05, 0) is 52.7 Å². The fraction of sp³-hybridized carbons (Fsp3) is 0.292. The molecule has 0 unspecified atom stereocenters. The molecule has 4 aromatic carbocycles. The molecule has 45 heavy (non-hydrogen) atoms. The minimum absolute atomic E-state index is 0. The van der Waals surface area contributed by atoms with Gasteiger partial charge >= 0.3 is 88.7 Å². The molecule has 0 spiro atoms. The zero-order chi connectivity index (χ0) is 30.1. The maximum Gasteiger partial charge on any atom is 1.00 e. The Balaban J connectivity index is 0.00000337. The normalized spacial score (nSPS) is 11.0. The van der Waals surface area contributed by atoms with E-state index in [1.807, 2.05) is 0 Å². The van der Waals surface area contributed by atoms with E-state index in [1.54, 1.807) is 18.2 Å². The number of carbonyl (C=O) groups excluding carboxylic acids is 1. The Kier molecular flexibility index (Phi) is 20.1. The van der Waals surface area contributed by atoms with Gasteiger partial charge in [-0.3, -0.25) is 14.9 Å². The molecule has 0 fully saturated rings. The fourth-order valence-corrected chi connectivity index (χ4v) is 6.38. The van der Waals surface area contributed by atoms with E-state index < -0.39 is 20.9 Å². The summed E-state index contributed by atoms with van der Waals surface area (Å²) in [7, 11) is -4.98. The summed E-state index contributed by atoms with van der Waals surface area (Å²) in [5.74, 6) is -0.192. The van der Waals surface area contributed by atoms with Gasteiger partial charge in [0.25, 0.3) is 5.91 Å². The maximum atomic E-state index is 12.5. The molecule has 0 heterocycles. The quantitative estimate of drug-likeness (QED) is 0.0103. The van der Waals surface area contributed by atoms with Gasteiger partial charge in [0.05, 0.1) is 33.9 Å². The van der Waals surface area contributed by atoms with Gasteiger partial charge in [-0.2, -0.15) is 8.67 Å². The summed E-state index contributed by atoms with van der Waals surface area (Å²) in [4.78, 5) is 15.1. The van der Waals surface area contributed by atoms with Crippen molar-refractivity contribution in [3.05, 3.63) is 46.8 Å². The Bertz CT molecular complexity index is 1730. The van der Waals surface area contributed by atoms with E-state index in [0.717, 1.165) is 31.7 Å². The van der Waals surface area contributed by atoms with Gasteiger partial charge < -0.3 is 25.1 Å². The van der Waals surface area contributed by atoms with Crippen LogP contribution < -0.4 is 109 Å². The van der Waals surface area contributed by atoms with Crippen LogP contribution in [0.4, 0.5) is 0 Å². The summed E-state index contributed by atoms with van der Waals surface area (Å²) in [6.45, 7) is 0.485. The van der Waals surface area contributed by atoms with E-state index >= 15 is 0 Å². The number of nitrogens with one attached hydrogen (secondary N) is 1. The second-order valence-electron chi connectivity index (χ2n) is 8.72. The van der Waals surface area contributed by atoms with E-state index in [2.05, 4.69) is 34.1 Å². The van der Waals surface area contributed by atoms with Crippen LogP contribution in [0.5, 0.6) is 5.75 Å². The van der Waals surface area contributed by atoms with Gasteiger partial charge in [0, 0.05) is 39.1 Å². The molecular formula is C24H21N4Na3O11S3. The largest absolute Gasteiger partial charge is 1.00 e. The van der Waals surface area contributed by atoms with Crippen LogP contribution in [-0.2, 0) is 33.7 Å². The van der Waals surface area contributed by atoms with Gasteiger partial charge in [0.1, 0.15) is 15.9 Å². The molecule has 1 N–H and O–H groups in total. The SMILES string of the molecule is [N-]=[N+]=NCCCCCCNC(=O)COc1cc(SOO[O-])c2ccc3c(SOO[O-])cc(S(=O)(=O)[O-])c4ccc1c2c34.[Na+].[Na+].[Na+]. The van der Waals surface area contributed by atoms with Crippen molar-refractivity contribution in [3.8, 4) is 5.75 Å². The first kappa shape index (κ1) is 42.9. The van der Waals surface area contributed by atoms with Crippen LogP contribution in [0, 0.1) is 0 Å². The third-order valence-corrected chi connectivity index (χ3v) is 8.41. The molecule has 1 amide bonds. The van der Waals surface area contributed by atoms with Crippen molar-refractivity contribution in [2.24, 2.45) is 5.11 Å². The molecule has 15 nitrogen and oxygen atoms in total. The predicted octanol–water partition coefficient (Wildman–Crippen LogP) is -5.67. The Hall–Kier alpha value is -0.130. The molecule has 0 aliphatic heterocycles. The summed E-state index contributed by atoms with van der Waals surface area (Å²) in [5, 5.41) is 36.4. The van der Waals surface area contributed by atoms with Gasteiger partial charge in [0.2, 0.25) is 0 Å². The van der Waals surface area contributed by atoms with Crippen LogP contribution in [0.3, 0.4) is 0 Å². The molecule has 0 atom stereocenters. The summed E-state index contributed by atoms with van der Waals surface area (Å²) in [6, 6.07) is 8.85. The first-order chi connectivity index (χ1) is 20.3. The van der Waals surface area contributed by atoms with Crippen LogP contribution in [0.1, 0.15) is 25.7 Å². The van der Waals surface area contributed by atoms with E-state index in [-0.39, 0.29) is 111 Å². The molecular weight excluding hydrogens is 685 g/mol. The van der Waals surface area contributed by atoms with Crippen LogP contribution >= 0.6 is 24.1 Å². The first-order valence-corrected chi connectivity index (χ1v) is 15.1. The van der Waals surface area contributed by atoms with Crippen molar-refractivity contribution in [3.63, 3.8) is 0 Å². The molecule has 0 aliphatic rings. The summed E-state index contributed by atoms with van der Waals surface area (Å²) < 4.78 is 51.3. The number of azide groups is 1. The smallest absolute Gasteiger partial charge is 0.744 e. The van der Waals surface area contributed by atoms with E-state index in [4.69, 9.17) is 10.3 Å². The van der Waals surface area contributed by atoms with E-state index in [0.29, 0.717) is 69.0 Å². The fourth-order valence-electron chi connectivity index (χ4n) is 4.56. The second-order valence-corrected chi connectivity index (χ2v) is 11.6. The number of rotatable bonds is 17. The summed E-state index contributed by atoms with van der Waals surface area (Å²) in [6.07, 6.45) is 3.18. The van der Waals surface area contributed by atoms with Gasteiger partial charge in [-0.15, -0.1) is 0 Å². The number of hydrogen-bond acceptors (Lipinski definition) is 14. The molecule has 224 valence electrons. The number of unbranched alkanes of at least 4 members (excludes halogenated alkanes) is 3. The van der Waals surface area contributed by atoms with E-state index in [9.17, 15) is 28.3 Å². The zero-order valence-corrected chi connectivity index (χ0v) is 32.9. The van der Waals surface area contributed by atoms with Crippen LogP contribution in [0.25, 0.3) is 42.8 Å². The minimum Gasteiger partial charge on any atom is -0.744 e. The van der Waals surface area contributed by atoms with Crippen molar-refractivity contribution in [2.45, 2.75) is 40.4 Å². The monoisotopic (exact) mass is 706 g/mol. The first-order valence-electron chi connectivity index (χ1n) is 12.2. The Morgan fingerprint density at radius 1 is 0.867 bits per heavy atom. The van der Waals surface area contributed by atoms with Crippen molar-refractivity contribution >= 4 is 72.4 Å². The van der Waals surface area contributed by atoms with Crippen molar-refractivity contribution in [2.75, 3.05) is 19.7 Å². The Labute approximate surface area is 332 Å². The summed E-state index contributed by atoms with van der Waals surface area (Å²) >= 11 is 0.986. The average Bonchev–Trinajstić information content (AvgIpc) is 2.97. The van der Waals surface area contributed by atoms with Gasteiger partial charge in [0.15, 0.2) is 6.61 Å². The molecule has 0 saturated heterocycles. The number of ether oxygens (including phenoxy) is 1. The molecule has 0 aromatic heterocycles. The minimum atomic E-state index is -4.98. The second kappa shape index (κ2) is 21.1. The third-order valence-electron chi connectivity index (χ3n) is 6.25. The number of amides is 1. The molecule has 4 aromatic rings. The molecule has 0 aliphatic carbocycles. The zero-order valence-electron chi connectivity index (χ0n) is 24.5. The number of hydrogen-bond donors (Lipinski definition) is 1. The third kappa shape index (κ3) is 11.2. The molecule has 21 heteroatoms. The number of nitrogens with zero attached hydrogens (tertiary/aromatic N) is 3. The van der Waals surface area contributed by atoms with Gasteiger partial charge in [-0.1, -0.05) is 36.2 Å². The van der Waals surface area contributed by atoms with Crippen LogP contribution in [-0.4, -0.2) is 38.6 Å². The topological polar surface area (TPSA) is 227 Å². The van der Waals surface area contributed by atoms with Crippen LogP contribution in [0.15, 0.2) is 56.2 Å². The molecule has 0 radical (unpaired) electrons. The molecule has 4 rings (SSSR count). The average molecular weight is 707 g/mol. The Morgan fingerprint density at radius 3 is 2.02 bits per heavy atom. The summed E-state index contributed by atoms with van der Waals surface area (Å²) in [5.41, 5.74) is 8.29. The predicted molar refractivity (Wildman–Crippen MR) is 145 cm³/mol. The maximum absolute atomic E-state index is 12.5. The standard InChI is InChI=1S/C24H24N4O11S3.3Na/c25-28-27-10-4-2-1-3-9-26-22(29)13-35-18-11-19(40-38-36-30)15-6-7-16-20(41-39-37-31)12-21(42(32,33)34)17-8-5-14(18)23(15)24(16)17;;;/h5-8,11-12,30-31H,1-4,9-10,13H2,(H,26,29)(H,32,33,34);;;/q;3*+1/p-3. The van der Waals surface area contributed by atoms with Gasteiger partial charge in [-0.25, -0.2) is 8.42 Å². The van der Waals surface area contributed by atoms with Crippen molar-refractivity contribution in [1.82, 2.24) is 5.32 Å².